The quantitative estimate of drug-likeness (QED) is 0.565. The maximum atomic E-state index is 13.1. The Balaban J connectivity index is 2.35. The summed E-state index contributed by atoms with van der Waals surface area (Å²) in [5.74, 6) is -1.01. The molecule has 1 aliphatic heterocycles. The summed E-state index contributed by atoms with van der Waals surface area (Å²) < 4.78 is 18.1. The molecule has 84 valence electrons. The monoisotopic (exact) mass is 220 g/mol. The highest BCUT2D eigenvalue weighted by atomic mass is 19.1. The zero-order valence-corrected chi connectivity index (χ0v) is 8.86. The molecule has 0 radical (unpaired) electrons. The fraction of sp³-hybridized carbons (Fsp3) is 0.308. The summed E-state index contributed by atoms with van der Waals surface area (Å²) in [5, 5.41) is 0. The second kappa shape index (κ2) is 4.47. The SMILES string of the molecule is C=CC1CCOC(=O)C1c1cccc(F)c1. The molecule has 0 amide bonds. The topological polar surface area (TPSA) is 26.3 Å². The largest absolute Gasteiger partial charge is 0.465 e. The fourth-order valence-corrected chi connectivity index (χ4v) is 2.06. The second-order valence-corrected chi connectivity index (χ2v) is 3.89. The number of hydrogen-bond acceptors (Lipinski definition) is 2. The number of halogens is 1. The zero-order chi connectivity index (χ0) is 11.5. The van der Waals surface area contributed by atoms with Crippen molar-refractivity contribution in [2.45, 2.75) is 12.3 Å². The van der Waals surface area contributed by atoms with Gasteiger partial charge in [-0.15, -0.1) is 6.58 Å². The Morgan fingerprint density at radius 1 is 1.50 bits per heavy atom. The zero-order valence-electron chi connectivity index (χ0n) is 8.86. The minimum Gasteiger partial charge on any atom is -0.465 e. The van der Waals surface area contributed by atoms with Crippen molar-refractivity contribution in [3.05, 3.63) is 48.3 Å². The van der Waals surface area contributed by atoms with Gasteiger partial charge >= 0.3 is 5.97 Å². The minimum absolute atomic E-state index is 0.0306. The first kappa shape index (κ1) is 10.9. The van der Waals surface area contributed by atoms with Gasteiger partial charge in [-0.25, -0.2) is 4.39 Å². The Bertz CT molecular complexity index is 414. The number of cyclic esters (lactones) is 1. The van der Waals surface area contributed by atoms with Crippen LogP contribution in [-0.4, -0.2) is 12.6 Å². The number of esters is 1. The summed E-state index contributed by atoms with van der Waals surface area (Å²) in [6, 6.07) is 6.10. The van der Waals surface area contributed by atoms with Crippen LogP contribution in [0.5, 0.6) is 0 Å². The van der Waals surface area contributed by atoms with E-state index in [1.807, 2.05) is 0 Å². The summed E-state index contributed by atoms with van der Waals surface area (Å²) in [4.78, 5) is 11.7. The average molecular weight is 220 g/mol. The van der Waals surface area contributed by atoms with E-state index in [0.717, 1.165) is 6.42 Å². The van der Waals surface area contributed by atoms with E-state index >= 15 is 0 Å². The molecule has 1 aliphatic rings. The number of allylic oxidation sites excluding steroid dienone is 1. The van der Waals surface area contributed by atoms with Crippen LogP contribution in [0.3, 0.4) is 0 Å². The molecule has 16 heavy (non-hydrogen) atoms. The third-order valence-corrected chi connectivity index (χ3v) is 2.89. The molecule has 1 aromatic rings. The molecule has 1 saturated heterocycles. The minimum atomic E-state index is -0.415. The van der Waals surface area contributed by atoms with E-state index < -0.39 is 5.92 Å². The molecule has 1 fully saturated rings. The van der Waals surface area contributed by atoms with E-state index in [-0.39, 0.29) is 17.7 Å². The first-order valence-corrected chi connectivity index (χ1v) is 5.27. The molecular formula is C13H13FO2. The molecule has 2 rings (SSSR count). The first-order chi connectivity index (χ1) is 7.72. The summed E-state index contributed by atoms with van der Waals surface area (Å²) in [7, 11) is 0. The second-order valence-electron chi connectivity index (χ2n) is 3.89. The van der Waals surface area contributed by atoms with Crippen LogP contribution in [0.25, 0.3) is 0 Å². The smallest absolute Gasteiger partial charge is 0.314 e. The van der Waals surface area contributed by atoms with Crippen molar-refractivity contribution in [2.75, 3.05) is 6.61 Å². The van der Waals surface area contributed by atoms with Crippen molar-refractivity contribution in [3.8, 4) is 0 Å². The molecule has 0 aliphatic carbocycles. The molecule has 1 aromatic carbocycles. The molecule has 1 heterocycles. The van der Waals surface area contributed by atoms with Crippen LogP contribution in [0.1, 0.15) is 17.9 Å². The van der Waals surface area contributed by atoms with Gasteiger partial charge < -0.3 is 4.74 Å². The van der Waals surface area contributed by atoms with Gasteiger partial charge in [-0.05, 0) is 30.0 Å². The molecule has 2 atom stereocenters. The van der Waals surface area contributed by atoms with E-state index in [2.05, 4.69) is 6.58 Å². The molecule has 0 N–H and O–H groups in total. The summed E-state index contributed by atoms with van der Waals surface area (Å²) in [6.07, 6.45) is 2.49. The molecule has 0 spiro atoms. The standard InChI is InChI=1S/C13H13FO2/c1-2-9-6-7-16-13(15)12(9)10-4-3-5-11(14)8-10/h2-5,8-9,12H,1,6-7H2. The lowest BCUT2D eigenvalue weighted by Gasteiger charge is -2.28. The molecule has 0 bridgehead atoms. The van der Waals surface area contributed by atoms with Gasteiger partial charge in [-0.3, -0.25) is 4.79 Å². The maximum Gasteiger partial charge on any atom is 0.314 e. The molecule has 0 saturated carbocycles. The fourth-order valence-electron chi connectivity index (χ4n) is 2.06. The Morgan fingerprint density at radius 3 is 3.00 bits per heavy atom. The number of rotatable bonds is 2. The van der Waals surface area contributed by atoms with Gasteiger partial charge in [0.25, 0.3) is 0 Å². The first-order valence-electron chi connectivity index (χ1n) is 5.27. The van der Waals surface area contributed by atoms with Crippen LogP contribution in [-0.2, 0) is 9.53 Å². The van der Waals surface area contributed by atoms with Crippen LogP contribution >= 0.6 is 0 Å². The van der Waals surface area contributed by atoms with Crippen molar-refractivity contribution >= 4 is 5.97 Å². The number of benzene rings is 1. The highest BCUT2D eigenvalue weighted by molar-refractivity contribution is 5.79. The van der Waals surface area contributed by atoms with Crippen molar-refractivity contribution in [3.63, 3.8) is 0 Å². The molecule has 0 aromatic heterocycles. The third-order valence-electron chi connectivity index (χ3n) is 2.89. The number of carbonyl (C=O) groups is 1. The Kier molecular flexibility index (Phi) is 3.04. The number of ether oxygens (including phenoxy) is 1. The van der Waals surface area contributed by atoms with Crippen LogP contribution in [0, 0.1) is 11.7 Å². The van der Waals surface area contributed by atoms with E-state index in [9.17, 15) is 9.18 Å². The van der Waals surface area contributed by atoms with Gasteiger partial charge in [0.1, 0.15) is 5.82 Å². The summed E-state index contributed by atoms with van der Waals surface area (Å²) in [6.45, 7) is 4.13. The number of hydrogen-bond donors (Lipinski definition) is 0. The summed E-state index contributed by atoms with van der Waals surface area (Å²) in [5.41, 5.74) is 0.662. The Labute approximate surface area is 93.7 Å². The molecular weight excluding hydrogens is 207 g/mol. The Morgan fingerprint density at radius 2 is 2.31 bits per heavy atom. The van der Waals surface area contributed by atoms with Crippen molar-refractivity contribution in [1.82, 2.24) is 0 Å². The Hall–Kier alpha value is -1.64. The van der Waals surface area contributed by atoms with E-state index in [4.69, 9.17) is 4.74 Å². The molecule has 3 heteroatoms. The van der Waals surface area contributed by atoms with E-state index in [1.165, 1.54) is 12.1 Å². The maximum absolute atomic E-state index is 13.1. The molecule has 2 nitrogen and oxygen atoms in total. The van der Waals surface area contributed by atoms with E-state index in [0.29, 0.717) is 12.2 Å². The average Bonchev–Trinajstić information content (AvgIpc) is 2.28. The van der Waals surface area contributed by atoms with Crippen LogP contribution in [0.2, 0.25) is 0 Å². The van der Waals surface area contributed by atoms with Gasteiger partial charge in [0.05, 0.1) is 12.5 Å². The lowest BCUT2D eigenvalue weighted by Crippen LogP contribution is -2.29. The van der Waals surface area contributed by atoms with E-state index in [1.54, 1.807) is 18.2 Å². The number of carbonyl (C=O) groups excluding carboxylic acids is 1. The lowest BCUT2D eigenvalue weighted by atomic mass is 9.82. The highest BCUT2D eigenvalue weighted by Crippen LogP contribution is 2.33. The van der Waals surface area contributed by atoms with Crippen LogP contribution in [0.4, 0.5) is 4.39 Å². The van der Waals surface area contributed by atoms with Crippen molar-refractivity contribution in [1.29, 1.82) is 0 Å². The predicted octanol–water partition coefficient (Wildman–Crippen LogP) is 2.66. The van der Waals surface area contributed by atoms with Gasteiger partial charge in [0.15, 0.2) is 0 Å². The molecule has 2 unspecified atom stereocenters. The van der Waals surface area contributed by atoms with Crippen molar-refractivity contribution < 1.29 is 13.9 Å². The van der Waals surface area contributed by atoms with Gasteiger partial charge in [0.2, 0.25) is 0 Å². The highest BCUT2D eigenvalue weighted by Gasteiger charge is 2.33. The van der Waals surface area contributed by atoms with Crippen molar-refractivity contribution in [2.24, 2.45) is 5.92 Å². The lowest BCUT2D eigenvalue weighted by molar-refractivity contribution is -0.150. The normalized spacial score (nSPS) is 24.9. The van der Waals surface area contributed by atoms with Crippen LogP contribution < -0.4 is 0 Å². The summed E-state index contributed by atoms with van der Waals surface area (Å²) >= 11 is 0. The van der Waals surface area contributed by atoms with Gasteiger partial charge in [0, 0.05) is 0 Å². The third kappa shape index (κ3) is 1.98. The van der Waals surface area contributed by atoms with Crippen LogP contribution in [0.15, 0.2) is 36.9 Å². The van der Waals surface area contributed by atoms with Gasteiger partial charge in [-0.1, -0.05) is 18.2 Å². The van der Waals surface area contributed by atoms with Gasteiger partial charge in [-0.2, -0.15) is 0 Å². The predicted molar refractivity (Wildman–Crippen MR) is 58.4 cm³/mol.